The molecule has 0 saturated carbocycles. The maximum Gasteiger partial charge on any atom is 0.245 e. The number of para-hydroxylation sites is 1. The summed E-state index contributed by atoms with van der Waals surface area (Å²) in [5.74, 6) is -0.253. The molecule has 1 aliphatic rings. The Bertz CT molecular complexity index is 1090. The van der Waals surface area contributed by atoms with Gasteiger partial charge in [-0.15, -0.1) is 0 Å². The first kappa shape index (κ1) is 31.2. The van der Waals surface area contributed by atoms with Gasteiger partial charge >= 0.3 is 0 Å². The molecule has 1 fully saturated rings. The number of carbonyl (C=O) groups excluding carboxylic acids is 2. The minimum Gasteiger partial charge on any atom is -0.383 e. The van der Waals surface area contributed by atoms with E-state index in [9.17, 15) is 9.59 Å². The van der Waals surface area contributed by atoms with Crippen molar-refractivity contribution in [2.24, 2.45) is 0 Å². The molecule has 0 aromatic heterocycles. The average Bonchev–Trinajstić information content (AvgIpc) is 2.92. The highest BCUT2D eigenvalue weighted by Crippen LogP contribution is 2.24. The van der Waals surface area contributed by atoms with Gasteiger partial charge in [0.05, 0.1) is 6.61 Å². The van der Waals surface area contributed by atoms with Crippen LogP contribution >= 0.6 is 23.2 Å². The van der Waals surface area contributed by atoms with Gasteiger partial charge in [-0.1, -0.05) is 47.5 Å². The molecule has 10 heteroatoms. The lowest BCUT2D eigenvalue weighted by atomic mass is 10.0. The molecule has 214 valence electrons. The van der Waals surface area contributed by atoms with Crippen molar-refractivity contribution in [2.45, 2.75) is 38.4 Å². The molecule has 2 atom stereocenters. The molecular formula is C29H41Cl2N5O3. The van der Waals surface area contributed by atoms with E-state index in [4.69, 9.17) is 27.9 Å². The Kier molecular flexibility index (Phi) is 12.3. The number of rotatable bonds is 13. The van der Waals surface area contributed by atoms with Crippen molar-refractivity contribution in [2.75, 3.05) is 65.4 Å². The Labute approximate surface area is 242 Å². The quantitative estimate of drug-likeness (QED) is 0.380. The zero-order valence-corrected chi connectivity index (χ0v) is 24.9. The van der Waals surface area contributed by atoms with Crippen molar-refractivity contribution in [1.82, 2.24) is 20.4 Å². The number of hydrogen-bond acceptors (Lipinski definition) is 6. The standard InChI is InChI=1S/C29H41Cl2N5O3/c1-21(20-39-4)32-19-23-7-5-6-8-27(23)35-13-15-36(16-14-35)29(38)26(33-28(37)11-12-34(2)3)17-22-9-10-24(30)18-25(22)31/h5-10,18,21,26,32H,11-17,19-20H2,1-4H3,(H,33,37)/t21?,26-/m1/s1. The zero-order chi connectivity index (χ0) is 28.4. The molecule has 2 aromatic rings. The number of amides is 2. The van der Waals surface area contributed by atoms with Crippen molar-refractivity contribution in [3.8, 4) is 0 Å². The van der Waals surface area contributed by atoms with Crippen molar-refractivity contribution >= 4 is 40.7 Å². The maximum atomic E-state index is 13.7. The van der Waals surface area contributed by atoms with Crippen LogP contribution in [0.2, 0.25) is 10.0 Å². The Morgan fingerprint density at radius 1 is 1.05 bits per heavy atom. The van der Waals surface area contributed by atoms with Crippen LogP contribution < -0.4 is 15.5 Å². The predicted octanol–water partition coefficient (Wildman–Crippen LogP) is 3.45. The van der Waals surface area contributed by atoms with E-state index in [0.29, 0.717) is 62.2 Å². The first-order chi connectivity index (χ1) is 18.7. The van der Waals surface area contributed by atoms with Gasteiger partial charge in [-0.3, -0.25) is 9.59 Å². The number of ether oxygens (including phenoxy) is 1. The fraction of sp³-hybridized carbons (Fsp3) is 0.517. The summed E-state index contributed by atoms with van der Waals surface area (Å²) in [5.41, 5.74) is 3.15. The van der Waals surface area contributed by atoms with Gasteiger partial charge in [0.2, 0.25) is 11.8 Å². The van der Waals surface area contributed by atoms with Crippen LogP contribution in [0.5, 0.6) is 0 Å². The van der Waals surface area contributed by atoms with Gasteiger partial charge in [-0.2, -0.15) is 0 Å². The Hall–Kier alpha value is -2.36. The van der Waals surface area contributed by atoms with Crippen LogP contribution in [0.15, 0.2) is 42.5 Å². The van der Waals surface area contributed by atoms with E-state index in [1.807, 2.05) is 42.1 Å². The summed E-state index contributed by atoms with van der Waals surface area (Å²) in [6.07, 6.45) is 0.615. The topological polar surface area (TPSA) is 77.1 Å². The third-order valence-corrected chi connectivity index (χ3v) is 7.43. The summed E-state index contributed by atoms with van der Waals surface area (Å²) in [6, 6.07) is 13.1. The molecule has 1 heterocycles. The number of anilines is 1. The second kappa shape index (κ2) is 15.4. The second-order valence-corrected chi connectivity index (χ2v) is 11.1. The zero-order valence-electron chi connectivity index (χ0n) is 23.4. The number of benzene rings is 2. The van der Waals surface area contributed by atoms with Gasteiger partial charge in [-0.05, 0) is 50.3 Å². The lowest BCUT2D eigenvalue weighted by molar-refractivity contribution is -0.136. The number of nitrogens with one attached hydrogen (secondary N) is 2. The molecule has 1 unspecified atom stereocenters. The number of carbonyl (C=O) groups is 2. The van der Waals surface area contributed by atoms with Crippen molar-refractivity contribution in [3.63, 3.8) is 0 Å². The van der Waals surface area contributed by atoms with Crippen LogP contribution in [0.1, 0.15) is 24.5 Å². The monoisotopic (exact) mass is 577 g/mol. The molecule has 1 aliphatic heterocycles. The fourth-order valence-corrected chi connectivity index (χ4v) is 5.13. The van der Waals surface area contributed by atoms with Gasteiger partial charge in [-0.25, -0.2) is 0 Å². The van der Waals surface area contributed by atoms with E-state index in [-0.39, 0.29) is 17.9 Å². The van der Waals surface area contributed by atoms with E-state index >= 15 is 0 Å². The Morgan fingerprint density at radius 2 is 1.77 bits per heavy atom. The molecule has 3 rings (SSSR count). The van der Waals surface area contributed by atoms with Gasteiger partial charge in [0, 0.05) is 81.0 Å². The van der Waals surface area contributed by atoms with Crippen LogP contribution in [0.25, 0.3) is 0 Å². The summed E-state index contributed by atoms with van der Waals surface area (Å²) >= 11 is 12.5. The lowest BCUT2D eigenvalue weighted by Crippen LogP contribution is -2.56. The summed E-state index contributed by atoms with van der Waals surface area (Å²) in [6.45, 7) is 6.64. The number of hydrogen-bond donors (Lipinski definition) is 2. The van der Waals surface area contributed by atoms with E-state index in [1.165, 1.54) is 11.3 Å². The first-order valence-corrected chi connectivity index (χ1v) is 14.2. The molecule has 2 aromatic carbocycles. The molecule has 0 spiro atoms. The predicted molar refractivity (Wildman–Crippen MR) is 159 cm³/mol. The minimum absolute atomic E-state index is 0.0952. The van der Waals surface area contributed by atoms with E-state index in [2.05, 4.69) is 34.6 Å². The van der Waals surface area contributed by atoms with Crippen LogP contribution in [0.4, 0.5) is 5.69 Å². The summed E-state index contributed by atoms with van der Waals surface area (Å²) in [4.78, 5) is 32.5. The SMILES string of the molecule is COCC(C)NCc1ccccc1N1CCN(C(=O)[C@@H](Cc2ccc(Cl)cc2Cl)NC(=O)CCN(C)C)CC1. The molecular weight excluding hydrogens is 537 g/mol. The highest BCUT2D eigenvalue weighted by Gasteiger charge is 2.30. The highest BCUT2D eigenvalue weighted by molar-refractivity contribution is 6.35. The van der Waals surface area contributed by atoms with Gasteiger partial charge in [0.15, 0.2) is 0 Å². The molecule has 39 heavy (non-hydrogen) atoms. The summed E-state index contributed by atoms with van der Waals surface area (Å²) < 4.78 is 5.24. The average molecular weight is 579 g/mol. The molecule has 0 bridgehead atoms. The van der Waals surface area contributed by atoms with Crippen molar-refractivity contribution in [3.05, 3.63) is 63.6 Å². The van der Waals surface area contributed by atoms with E-state index in [0.717, 1.165) is 12.1 Å². The normalized spacial score (nSPS) is 15.4. The second-order valence-electron chi connectivity index (χ2n) is 10.3. The third kappa shape index (κ3) is 9.65. The van der Waals surface area contributed by atoms with Crippen molar-refractivity contribution in [1.29, 1.82) is 0 Å². The van der Waals surface area contributed by atoms with Crippen LogP contribution in [0.3, 0.4) is 0 Å². The number of methoxy groups -OCH3 is 1. The smallest absolute Gasteiger partial charge is 0.245 e. The molecule has 0 aliphatic carbocycles. The highest BCUT2D eigenvalue weighted by atomic mass is 35.5. The van der Waals surface area contributed by atoms with E-state index in [1.54, 1.807) is 19.2 Å². The Morgan fingerprint density at radius 3 is 2.44 bits per heavy atom. The van der Waals surface area contributed by atoms with Crippen LogP contribution in [-0.4, -0.2) is 94.2 Å². The van der Waals surface area contributed by atoms with Gasteiger partial charge in [0.1, 0.15) is 6.04 Å². The maximum absolute atomic E-state index is 13.7. The number of nitrogens with zero attached hydrogens (tertiary/aromatic N) is 3. The minimum atomic E-state index is -0.705. The molecule has 2 amide bonds. The Balaban J connectivity index is 1.67. The molecule has 8 nitrogen and oxygen atoms in total. The first-order valence-electron chi connectivity index (χ1n) is 13.4. The largest absolute Gasteiger partial charge is 0.383 e. The van der Waals surface area contributed by atoms with Gasteiger partial charge < -0.3 is 30.1 Å². The molecule has 1 saturated heterocycles. The molecule has 0 radical (unpaired) electrons. The van der Waals surface area contributed by atoms with Gasteiger partial charge in [0.25, 0.3) is 0 Å². The third-order valence-electron chi connectivity index (χ3n) is 6.84. The van der Waals surface area contributed by atoms with Crippen molar-refractivity contribution < 1.29 is 14.3 Å². The van der Waals surface area contributed by atoms with Crippen LogP contribution in [-0.2, 0) is 27.3 Å². The fourth-order valence-electron chi connectivity index (χ4n) is 4.65. The van der Waals surface area contributed by atoms with E-state index < -0.39 is 6.04 Å². The molecule has 2 N–H and O–H groups in total. The summed E-state index contributed by atoms with van der Waals surface area (Å²) in [5, 5.41) is 7.49. The summed E-state index contributed by atoms with van der Waals surface area (Å²) in [7, 11) is 5.53. The lowest BCUT2D eigenvalue weighted by Gasteiger charge is -2.38. The number of halogens is 2. The van der Waals surface area contributed by atoms with Crippen LogP contribution in [0, 0.1) is 0 Å². The number of piperazine rings is 1.